The second-order valence-electron chi connectivity index (χ2n) is 8.95. The molecule has 2 saturated heterocycles. The Hall–Kier alpha value is -3.31. The number of aromatic nitrogens is 1. The number of carbonyl (C=O) groups is 1. The Kier molecular flexibility index (Phi) is 8.32. The summed E-state index contributed by atoms with van der Waals surface area (Å²) in [5, 5.41) is 13.4. The molecule has 0 saturated carbocycles. The van der Waals surface area contributed by atoms with E-state index in [1.54, 1.807) is 18.3 Å². The number of benzene rings is 2. The molecule has 188 valence electrons. The van der Waals surface area contributed by atoms with Crippen molar-refractivity contribution < 1.29 is 9.53 Å². The molecule has 3 heterocycles. The maximum Gasteiger partial charge on any atom is 0.257 e. The molecule has 1 aromatic heterocycles. The van der Waals surface area contributed by atoms with Crippen molar-refractivity contribution in [3.05, 3.63) is 77.1 Å². The lowest BCUT2D eigenvalue weighted by molar-refractivity contribution is 0.0115. The van der Waals surface area contributed by atoms with E-state index in [2.05, 4.69) is 21.2 Å². The number of amides is 1. The third kappa shape index (κ3) is 5.73. The van der Waals surface area contributed by atoms with Gasteiger partial charge in [0.25, 0.3) is 5.91 Å². The number of hydrogen-bond acceptors (Lipinski definition) is 5. The van der Waals surface area contributed by atoms with E-state index in [9.17, 15) is 10.1 Å². The number of ether oxygens (including phenoxy) is 1. The first-order valence-corrected chi connectivity index (χ1v) is 12.3. The highest BCUT2D eigenvalue weighted by Gasteiger charge is 2.27. The van der Waals surface area contributed by atoms with Crippen LogP contribution in [0.3, 0.4) is 0 Å². The van der Waals surface area contributed by atoms with Gasteiger partial charge >= 0.3 is 0 Å². The summed E-state index contributed by atoms with van der Waals surface area (Å²) in [6.07, 6.45) is 5.77. The zero-order chi connectivity index (χ0) is 24.2. The Morgan fingerprint density at radius 2 is 1.75 bits per heavy atom. The molecule has 7 nitrogen and oxygen atoms in total. The number of rotatable bonds is 5. The number of hydrogen-bond donors (Lipinski definition) is 1. The lowest BCUT2D eigenvalue weighted by Crippen LogP contribution is -2.49. The van der Waals surface area contributed by atoms with E-state index in [0.717, 1.165) is 63.6 Å². The van der Waals surface area contributed by atoms with E-state index in [-0.39, 0.29) is 13.3 Å². The minimum absolute atomic E-state index is 0. The second kappa shape index (κ2) is 11.6. The summed E-state index contributed by atoms with van der Waals surface area (Å²) in [5.74, 6) is -0.222. The first-order chi connectivity index (χ1) is 17.1. The number of nitrogens with one attached hydrogen (secondary N) is 1. The van der Waals surface area contributed by atoms with E-state index in [0.29, 0.717) is 27.9 Å². The summed E-state index contributed by atoms with van der Waals surface area (Å²) < 4.78 is 7.35. The number of piperidine rings is 1. The lowest BCUT2D eigenvalue weighted by atomic mass is 10.0. The topological polar surface area (TPSA) is 73.5 Å². The fraction of sp³-hybridized carbons (Fsp3) is 0.357. The molecule has 5 rings (SSSR count). The summed E-state index contributed by atoms with van der Waals surface area (Å²) in [7, 11) is 0. The molecular weight excluding hydrogens is 474 g/mol. The van der Waals surface area contributed by atoms with Gasteiger partial charge in [0, 0.05) is 61.0 Å². The summed E-state index contributed by atoms with van der Waals surface area (Å²) in [4.78, 5) is 17.7. The van der Waals surface area contributed by atoms with Crippen molar-refractivity contribution in [3.8, 4) is 11.8 Å². The summed E-state index contributed by atoms with van der Waals surface area (Å²) in [6.45, 7) is 5.48. The lowest BCUT2D eigenvalue weighted by Gasteiger charge is -2.41. The van der Waals surface area contributed by atoms with Gasteiger partial charge in [0.15, 0.2) is 0 Å². The van der Waals surface area contributed by atoms with Gasteiger partial charge < -0.3 is 19.5 Å². The normalized spacial score (nSPS) is 16.7. The fourth-order valence-corrected chi connectivity index (χ4v) is 5.03. The number of nitrogens with zero attached hydrogens (tertiary/aromatic N) is 4. The fourth-order valence-electron chi connectivity index (χ4n) is 4.90. The van der Waals surface area contributed by atoms with Crippen LogP contribution < -0.4 is 10.2 Å². The van der Waals surface area contributed by atoms with Gasteiger partial charge in [0.05, 0.1) is 30.0 Å². The van der Waals surface area contributed by atoms with Crippen LogP contribution in [0.1, 0.15) is 36.2 Å². The third-order valence-electron chi connectivity index (χ3n) is 6.82. The highest BCUT2D eigenvalue weighted by molar-refractivity contribution is 6.30. The van der Waals surface area contributed by atoms with Crippen molar-refractivity contribution in [3.63, 3.8) is 0 Å². The Morgan fingerprint density at radius 1 is 1.03 bits per heavy atom. The molecule has 1 N–H and O–H groups in total. The van der Waals surface area contributed by atoms with Gasteiger partial charge in [-0.1, -0.05) is 19.0 Å². The first-order valence-electron chi connectivity index (χ1n) is 12.0. The Balaban J connectivity index is 0.00000304. The second-order valence-corrected chi connectivity index (χ2v) is 9.38. The van der Waals surface area contributed by atoms with Crippen LogP contribution in [0, 0.1) is 11.3 Å². The van der Waals surface area contributed by atoms with Crippen LogP contribution in [-0.4, -0.2) is 60.8 Å². The predicted molar refractivity (Wildman–Crippen MR) is 144 cm³/mol. The number of morpholine rings is 1. The summed E-state index contributed by atoms with van der Waals surface area (Å²) >= 11 is 5.96. The molecule has 0 unspecified atom stereocenters. The van der Waals surface area contributed by atoms with Gasteiger partial charge in [0.1, 0.15) is 6.07 Å². The van der Waals surface area contributed by atoms with E-state index < -0.39 is 0 Å². The average Bonchev–Trinajstić information content (AvgIpc) is 3.40. The quantitative estimate of drug-likeness (QED) is 0.516. The number of nitriles is 1. The third-order valence-corrected chi connectivity index (χ3v) is 7.07. The van der Waals surface area contributed by atoms with Crippen LogP contribution >= 0.6 is 11.6 Å². The molecule has 36 heavy (non-hydrogen) atoms. The molecule has 0 bridgehead atoms. The van der Waals surface area contributed by atoms with E-state index >= 15 is 0 Å². The predicted octanol–water partition coefficient (Wildman–Crippen LogP) is 5.19. The molecule has 1 amide bonds. The number of carbonyl (C=O) groups excluding carboxylic acids is 1. The maximum absolute atomic E-state index is 12.8. The molecule has 2 aliphatic heterocycles. The zero-order valence-corrected chi connectivity index (χ0v) is 20.2. The van der Waals surface area contributed by atoms with E-state index in [1.165, 1.54) is 0 Å². The van der Waals surface area contributed by atoms with Crippen molar-refractivity contribution in [1.82, 2.24) is 9.47 Å². The standard InChI is InChI=1S/C27H28ClN5O2.CH4/c28-22-1-4-24(5-2-22)33-10-7-20(19-33)27(34)30-23-3-6-26(21(17-23)18-29)32-11-8-25(9-12-32)31-13-15-35-16-14-31;/h1-7,10,17,19,25H,8-9,11-16H2,(H,30,34);1H4. The minimum atomic E-state index is -0.222. The van der Waals surface area contributed by atoms with Gasteiger partial charge in [-0.3, -0.25) is 9.69 Å². The first kappa shape index (κ1) is 25.8. The van der Waals surface area contributed by atoms with Gasteiger partial charge in [-0.15, -0.1) is 0 Å². The molecule has 2 aromatic carbocycles. The van der Waals surface area contributed by atoms with Crippen molar-refractivity contribution in [2.24, 2.45) is 0 Å². The van der Waals surface area contributed by atoms with Crippen LogP contribution in [0.15, 0.2) is 60.9 Å². The van der Waals surface area contributed by atoms with Crippen LogP contribution in [0.2, 0.25) is 5.02 Å². The molecule has 3 aromatic rings. The maximum atomic E-state index is 12.8. The SMILES string of the molecule is C.N#Cc1cc(NC(=O)c2ccn(-c3ccc(Cl)cc3)c2)ccc1N1CCC(N2CCOCC2)CC1. The Labute approximate surface area is 217 Å². The molecule has 0 radical (unpaired) electrons. The van der Waals surface area contributed by atoms with Crippen LogP contribution in [0.4, 0.5) is 11.4 Å². The Bertz CT molecular complexity index is 1220. The molecule has 0 atom stereocenters. The van der Waals surface area contributed by atoms with Crippen molar-refractivity contribution in [2.45, 2.75) is 26.3 Å². The van der Waals surface area contributed by atoms with Crippen LogP contribution in [-0.2, 0) is 4.74 Å². The molecular formula is C28H32ClN5O2. The highest BCUT2D eigenvalue weighted by Crippen LogP contribution is 2.28. The van der Waals surface area contributed by atoms with Gasteiger partial charge in [-0.2, -0.15) is 5.26 Å². The van der Waals surface area contributed by atoms with Gasteiger partial charge in [-0.05, 0) is 61.4 Å². The van der Waals surface area contributed by atoms with Gasteiger partial charge in [0.2, 0.25) is 0 Å². The molecule has 8 heteroatoms. The monoisotopic (exact) mass is 505 g/mol. The summed E-state index contributed by atoms with van der Waals surface area (Å²) in [6, 6.07) is 17.7. The zero-order valence-electron chi connectivity index (χ0n) is 19.5. The van der Waals surface area contributed by atoms with E-state index in [1.807, 2.05) is 47.2 Å². The number of anilines is 2. The van der Waals surface area contributed by atoms with Crippen molar-refractivity contribution in [2.75, 3.05) is 49.6 Å². The molecule has 2 fully saturated rings. The average molecular weight is 506 g/mol. The van der Waals surface area contributed by atoms with Crippen molar-refractivity contribution >= 4 is 28.9 Å². The van der Waals surface area contributed by atoms with Crippen LogP contribution in [0.5, 0.6) is 0 Å². The minimum Gasteiger partial charge on any atom is -0.379 e. The molecule has 0 aliphatic carbocycles. The largest absolute Gasteiger partial charge is 0.379 e. The summed E-state index contributed by atoms with van der Waals surface area (Å²) in [5.41, 5.74) is 3.57. The molecule has 0 spiro atoms. The van der Waals surface area contributed by atoms with Crippen LogP contribution in [0.25, 0.3) is 5.69 Å². The number of halogens is 1. The van der Waals surface area contributed by atoms with E-state index in [4.69, 9.17) is 16.3 Å². The smallest absolute Gasteiger partial charge is 0.257 e. The Morgan fingerprint density at radius 3 is 2.44 bits per heavy atom. The highest BCUT2D eigenvalue weighted by atomic mass is 35.5. The van der Waals surface area contributed by atoms with Crippen molar-refractivity contribution in [1.29, 1.82) is 5.26 Å². The van der Waals surface area contributed by atoms with Gasteiger partial charge in [-0.25, -0.2) is 0 Å². The molecule has 2 aliphatic rings.